The summed E-state index contributed by atoms with van der Waals surface area (Å²) in [7, 11) is 0. The second-order valence-corrected chi connectivity index (χ2v) is 5.48. The van der Waals surface area contributed by atoms with Gasteiger partial charge in [-0.2, -0.15) is 0 Å². The smallest absolute Gasteiger partial charge is 0.338 e. The van der Waals surface area contributed by atoms with E-state index in [4.69, 9.17) is 20.8 Å². The molecule has 0 amide bonds. The summed E-state index contributed by atoms with van der Waals surface area (Å²) in [6.45, 7) is 0.0960. The number of benzene rings is 2. The lowest BCUT2D eigenvalue weighted by Gasteiger charge is -2.07. The summed E-state index contributed by atoms with van der Waals surface area (Å²) in [5, 5.41) is 0.552. The highest BCUT2D eigenvalue weighted by Gasteiger charge is 2.11. The molecule has 0 bridgehead atoms. The molecule has 24 heavy (non-hydrogen) atoms. The van der Waals surface area contributed by atoms with E-state index in [0.717, 1.165) is 5.56 Å². The molecule has 3 rings (SSSR count). The number of carbonyl (C=O) groups excluding carboxylic acids is 2. The van der Waals surface area contributed by atoms with Gasteiger partial charge >= 0.3 is 5.97 Å². The number of halogens is 1. The van der Waals surface area contributed by atoms with Crippen LogP contribution in [0.2, 0.25) is 5.02 Å². The Bertz CT molecular complexity index is 882. The van der Waals surface area contributed by atoms with Gasteiger partial charge in [0.05, 0.1) is 5.56 Å². The van der Waals surface area contributed by atoms with Crippen LogP contribution < -0.4 is 0 Å². The number of hydrogen-bond donors (Lipinski definition) is 0. The molecule has 4 nitrogen and oxygen atoms in total. The van der Waals surface area contributed by atoms with Crippen LogP contribution >= 0.6 is 11.6 Å². The molecule has 1 heterocycles. The van der Waals surface area contributed by atoms with Crippen LogP contribution in [0.1, 0.15) is 26.5 Å². The molecule has 120 valence electrons. The van der Waals surface area contributed by atoms with Crippen molar-refractivity contribution in [3.8, 4) is 11.3 Å². The minimum atomic E-state index is -0.459. The van der Waals surface area contributed by atoms with Gasteiger partial charge in [0.25, 0.3) is 0 Å². The third-order valence-corrected chi connectivity index (χ3v) is 3.81. The molecule has 0 N–H and O–H groups in total. The molecule has 0 aliphatic rings. The fourth-order valence-corrected chi connectivity index (χ4v) is 2.40. The van der Waals surface area contributed by atoms with E-state index in [9.17, 15) is 9.59 Å². The lowest BCUT2D eigenvalue weighted by molar-refractivity contribution is 0.0473. The van der Waals surface area contributed by atoms with Crippen LogP contribution in [-0.4, -0.2) is 12.3 Å². The molecule has 0 radical (unpaired) electrons. The van der Waals surface area contributed by atoms with Gasteiger partial charge in [-0.1, -0.05) is 41.9 Å². The highest BCUT2D eigenvalue weighted by molar-refractivity contribution is 6.31. The van der Waals surface area contributed by atoms with Gasteiger partial charge in [0, 0.05) is 16.1 Å². The third-order valence-electron chi connectivity index (χ3n) is 3.44. The first kappa shape index (κ1) is 16.0. The number of ether oxygens (including phenoxy) is 1. The molecular formula is C19H13ClO4. The molecule has 0 fully saturated rings. The Hall–Kier alpha value is -2.85. The van der Waals surface area contributed by atoms with Gasteiger partial charge in [0.15, 0.2) is 12.0 Å². The van der Waals surface area contributed by atoms with Gasteiger partial charge in [-0.25, -0.2) is 4.79 Å². The predicted octanol–water partition coefficient (Wildman–Crippen LogP) is 4.77. The summed E-state index contributed by atoms with van der Waals surface area (Å²) in [6.07, 6.45) is 0.630. The minimum Gasteiger partial charge on any atom is -0.457 e. The van der Waals surface area contributed by atoms with E-state index in [1.165, 1.54) is 0 Å². The zero-order valence-corrected chi connectivity index (χ0v) is 13.3. The van der Waals surface area contributed by atoms with Crippen molar-refractivity contribution in [3.63, 3.8) is 0 Å². The average Bonchev–Trinajstić information content (AvgIpc) is 3.10. The molecule has 5 heteroatoms. The summed E-state index contributed by atoms with van der Waals surface area (Å²) in [4.78, 5) is 22.9. The fourth-order valence-electron chi connectivity index (χ4n) is 2.21. The molecule has 0 saturated heterocycles. The Kier molecular flexibility index (Phi) is 4.77. The van der Waals surface area contributed by atoms with Crippen LogP contribution in [0, 0.1) is 0 Å². The largest absolute Gasteiger partial charge is 0.457 e. The van der Waals surface area contributed by atoms with E-state index < -0.39 is 5.97 Å². The molecule has 2 aromatic carbocycles. The number of esters is 1. The first-order chi connectivity index (χ1) is 11.7. The van der Waals surface area contributed by atoms with Crippen LogP contribution in [0.15, 0.2) is 65.1 Å². The quantitative estimate of drug-likeness (QED) is 0.496. The molecule has 0 saturated carbocycles. The third kappa shape index (κ3) is 3.55. The fraction of sp³-hybridized carbons (Fsp3) is 0.0526. The van der Waals surface area contributed by atoms with Gasteiger partial charge in [0.2, 0.25) is 0 Å². The molecule has 0 spiro atoms. The van der Waals surface area contributed by atoms with Crippen molar-refractivity contribution in [2.24, 2.45) is 0 Å². The van der Waals surface area contributed by atoms with Gasteiger partial charge in [0.1, 0.15) is 12.4 Å². The molecule has 0 aliphatic heterocycles. The van der Waals surface area contributed by atoms with Crippen LogP contribution in [0.3, 0.4) is 0 Å². The van der Waals surface area contributed by atoms with Crippen molar-refractivity contribution in [3.05, 3.63) is 82.6 Å². The van der Waals surface area contributed by atoms with E-state index >= 15 is 0 Å². The van der Waals surface area contributed by atoms with E-state index in [0.29, 0.717) is 28.2 Å². The van der Waals surface area contributed by atoms with E-state index in [1.807, 2.05) is 12.1 Å². The average molecular weight is 341 g/mol. The summed E-state index contributed by atoms with van der Waals surface area (Å²) < 4.78 is 10.7. The number of rotatable bonds is 5. The second kappa shape index (κ2) is 7.15. The van der Waals surface area contributed by atoms with Crippen molar-refractivity contribution in [1.82, 2.24) is 0 Å². The Morgan fingerprint density at radius 3 is 2.67 bits per heavy atom. The van der Waals surface area contributed by atoms with Crippen molar-refractivity contribution in [1.29, 1.82) is 0 Å². The van der Waals surface area contributed by atoms with E-state index in [-0.39, 0.29) is 12.4 Å². The predicted molar refractivity (Wildman–Crippen MR) is 90.1 cm³/mol. The maximum Gasteiger partial charge on any atom is 0.338 e. The summed E-state index contributed by atoms with van der Waals surface area (Å²) >= 11 is 6.04. The van der Waals surface area contributed by atoms with Crippen LogP contribution in [-0.2, 0) is 11.3 Å². The molecule has 3 aromatic rings. The molecule has 0 atom stereocenters. The SMILES string of the molecule is O=Cc1ccc(-c2cccc(C(=O)OCc3ccccc3Cl)c2)o1. The zero-order valence-electron chi connectivity index (χ0n) is 12.6. The Balaban J connectivity index is 1.74. The maximum atomic E-state index is 12.2. The number of carbonyl (C=O) groups is 2. The van der Waals surface area contributed by atoms with Gasteiger partial charge in [-0.15, -0.1) is 0 Å². The van der Waals surface area contributed by atoms with Gasteiger partial charge in [-0.3, -0.25) is 4.79 Å². The lowest BCUT2D eigenvalue weighted by atomic mass is 10.1. The Labute approximate surface area is 143 Å². The molecule has 1 aromatic heterocycles. The van der Waals surface area contributed by atoms with Crippen molar-refractivity contribution in [2.45, 2.75) is 6.61 Å². The molecule has 0 aliphatic carbocycles. The van der Waals surface area contributed by atoms with Crippen LogP contribution in [0.5, 0.6) is 0 Å². The topological polar surface area (TPSA) is 56.5 Å². The van der Waals surface area contributed by atoms with Crippen LogP contribution in [0.4, 0.5) is 0 Å². The van der Waals surface area contributed by atoms with Crippen molar-refractivity contribution >= 4 is 23.9 Å². The Morgan fingerprint density at radius 2 is 1.92 bits per heavy atom. The summed E-state index contributed by atoms with van der Waals surface area (Å²) in [5.74, 6) is 0.286. The van der Waals surface area contributed by atoms with E-state index in [1.54, 1.807) is 48.5 Å². The van der Waals surface area contributed by atoms with Crippen molar-refractivity contribution in [2.75, 3.05) is 0 Å². The number of furan rings is 1. The summed E-state index contributed by atoms with van der Waals surface area (Å²) in [6, 6.07) is 17.3. The first-order valence-corrected chi connectivity index (χ1v) is 7.61. The molecular weight excluding hydrogens is 328 g/mol. The minimum absolute atomic E-state index is 0.0960. The second-order valence-electron chi connectivity index (χ2n) is 5.07. The summed E-state index contributed by atoms with van der Waals surface area (Å²) in [5.41, 5.74) is 1.82. The Morgan fingerprint density at radius 1 is 1.08 bits per heavy atom. The number of hydrogen-bond acceptors (Lipinski definition) is 4. The van der Waals surface area contributed by atoms with Crippen LogP contribution in [0.25, 0.3) is 11.3 Å². The van der Waals surface area contributed by atoms with Gasteiger partial charge < -0.3 is 9.15 Å². The van der Waals surface area contributed by atoms with Crippen molar-refractivity contribution < 1.29 is 18.7 Å². The normalized spacial score (nSPS) is 10.4. The number of aldehydes is 1. The van der Waals surface area contributed by atoms with E-state index in [2.05, 4.69) is 0 Å². The highest BCUT2D eigenvalue weighted by Crippen LogP contribution is 2.23. The lowest BCUT2D eigenvalue weighted by Crippen LogP contribution is -2.05. The molecule has 0 unspecified atom stereocenters. The monoisotopic (exact) mass is 340 g/mol. The highest BCUT2D eigenvalue weighted by atomic mass is 35.5. The standard InChI is InChI=1S/C19H13ClO4/c20-17-7-2-1-4-15(17)12-23-19(22)14-6-3-5-13(10-14)18-9-8-16(11-21)24-18/h1-11H,12H2. The first-order valence-electron chi connectivity index (χ1n) is 7.23. The van der Waals surface area contributed by atoms with Gasteiger partial charge in [-0.05, 0) is 30.3 Å². The zero-order chi connectivity index (χ0) is 16.9. The maximum absolute atomic E-state index is 12.2.